The Hall–Kier alpha value is -2.19. The minimum atomic E-state index is -1.32. The van der Waals surface area contributed by atoms with E-state index in [1.54, 1.807) is 46.7 Å². The van der Waals surface area contributed by atoms with Gasteiger partial charge in [0.15, 0.2) is 6.29 Å². The third-order valence-corrected chi connectivity index (χ3v) is 6.16. The zero-order valence-electron chi connectivity index (χ0n) is 20.9. The number of carbonyl (C=O) groups excluding carboxylic acids is 1. The molecule has 0 aliphatic carbocycles. The van der Waals surface area contributed by atoms with E-state index in [2.05, 4.69) is 10.3 Å². The third-order valence-electron chi connectivity index (χ3n) is 6.16. The van der Waals surface area contributed by atoms with E-state index in [-0.39, 0.29) is 12.2 Å². The van der Waals surface area contributed by atoms with Crippen molar-refractivity contribution in [3.05, 3.63) is 34.4 Å². The van der Waals surface area contributed by atoms with Crippen LogP contribution in [-0.4, -0.2) is 98.7 Å². The van der Waals surface area contributed by atoms with Crippen LogP contribution in [0, 0.1) is 0 Å². The first kappa shape index (κ1) is 27.4. The number of nitrogens with zero attached hydrogens (tertiary/aromatic N) is 3. The molecule has 3 rings (SSSR count). The van der Waals surface area contributed by atoms with Gasteiger partial charge in [0.05, 0.1) is 24.4 Å². The lowest BCUT2D eigenvalue weighted by Crippen LogP contribution is -2.63. The Balaban J connectivity index is 1.66. The average molecular weight is 497 g/mol. The van der Waals surface area contributed by atoms with E-state index in [1.807, 2.05) is 0 Å². The van der Waals surface area contributed by atoms with Crippen LogP contribution in [0.3, 0.4) is 0 Å². The summed E-state index contributed by atoms with van der Waals surface area (Å²) < 4.78 is 18.8. The molecule has 2 aliphatic rings. The summed E-state index contributed by atoms with van der Waals surface area (Å²) in [6, 6.07) is 1.05. The second-order valence-electron chi connectivity index (χ2n) is 9.56. The number of allylic oxidation sites excluding steroid dienone is 1. The van der Waals surface area contributed by atoms with Crippen LogP contribution in [0.2, 0.25) is 0 Å². The van der Waals surface area contributed by atoms with Crippen LogP contribution in [0.1, 0.15) is 40.3 Å². The number of hydrogen-bond acceptors (Lipinski definition) is 10. The van der Waals surface area contributed by atoms with Crippen LogP contribution in [0.5, 0.6) is 0 Å². The highest BCUT2D eigenvalue weighted by atomic mass is 16.7. The first-order valence-electron chi connectivity index (χ1n) is 11.6. The molecular formula is C23H36N4O8. The molecule has 2 fully saturated rings. The average Bonchev–Trinajstić information content (AvgIpc) is 2.73. The molecule has 0 spiro atoms. The van der Waals surface area contributed by atoms with E-state index in [9.17, 15) is 24.9 Å². The van der Waals surface area contributed by atoms with Crippen LogP contribution in [-0.2, 0) is 19.0 Å². The Kier molecular flexibility index (Phi) is 8.81. The van der Waals surface area contributed by atoms with Crippen molar-refractivity contribution in [2.45, 2.75) is 89.3 Å². The quantitative estimate of drug-likeness (QED) is 0.382. The third kappa shape index (κ3) is 6.33. The van der Waals surface area contributed by atoms with Crippen molar-refractivity contribution in [1.29, 1.82) is 0 Å². The van der Waals surface area contributed by atoms with E-state index in [4.69, 9.17) is 14.2 Å². The molecule has 1 aromatic heterocycles. The Morgan fingerprint density at radius 2 is 1.89 bits per heavy atom. The minimum Gasteiger partial charge on any atom is -0.390 e. The summed E-state index contributed by atoms with van der Waals surface area (Å²) in [7, 11) is 3.56. The lowest BCUT2D eigenvalue weighted by Gasteiger charge is -2.46. The topological polar surface area (TPSA) is 156 Å². The molecule has 4 N–H and O–H groups in total. The SMILES string of the molecule is CC(C)=CC(=O)Nc1ccn([C@@H]2C[C@H](O)[C@H](O[C@@H]3O[C@H](C)[C@H](N(C)C)[C@H](O)[C@H]3O)[C@H](C)O2)c(=O)n1. The van der Waals surface area contributed by atoms with Crippen molar-refractivity contribution in [3.8, 4) is 0 Å². The normalized spacial score (nSPS) is 35.5. The van der Waals surface area contributed by atoms with E-state index in [0.29, 0.717) is 0 Å². The molecule has 35 heavy (non-hydrogen) atoms. The summed E-state index contributed by atoms with van der Waals surface area (Å²) in [5, 5.41) is 34.4. The van der Waals surface area contributed by atoms with Gasteiger partial charge in [-0.05, 0) is 47.9 Å². The van der Waals surface area contributed by atoms with Crippen molar-refractivity contribution in [2.75, 3.05) is 19.4 Å². The molecule has 12 nitrogen and oxygen atoms in total. The molecule has 0 bridgehead atoms. The van der Waals surface area contributed by atoms with Gasteiger partial charge in [0.25, 0.3) is 0 Å². The Morgan fingerprint density at radius 1 is 1.20 bits per heavy atom. The number of aromatic nitrogens is 2. The maximum Gasteiger partial charge on any atom is 0.351 e. The van der Waals surface area contributed by atoms with Gasteiger partial charge < -0.3 is 39.7 Å². The summed E-state index contributed by atoms with van der Waals surface area (Å²) in [6.45, 7) is 7.00. The van der Waals surface area contributed by atoms with Crippen molar-refractivity contribution in [3.63, 3.8) is 0 Å². The molecule has 0 radical (unpaired) electrons. The molecule has 0 saturated carbocycles. The number of aliphatic hydroxyl groups excluding tert-OH is 3. The smallest absolute Gasteiger partial charge is 0.351 e. The van der Waals surface area contributed by atoms with E-state index in [0.717, 1.165) is 5.57 Å². The molecule has 3 heterocycles. The molecule has 0 unspecified atom stereocenters. The van der Waals surface area contributed by atoms with Crippen molar-refractivity contribution in [1.82, 2.24) is 14.5 Å². The van der Waals surface area contributed by atoms with E-state index >= 15 is 0 Å². The maximum atomic E-state index is 12.6. The lowest BCUT2D eigenvalue weighted by molar-refractivity contribution is -0.322. The predicted octanol–water partition coefficient (Wildman–Crippen LogP) is -0.402. The van der Waals surface area contributed by atoms with Crippen molar-refractivity contribution in [2.24, 2.45) is 0 Å². The van der Waals surface area contributed by atoms with Gasteiger partial charge in [-0.1, -0.05) is 5.57 Å². The van der Waals surface area contributed by atoms with E-state index < -0.39 is 66.8 Å². The zero-order chi connectivity index (χ0) is 26.0. The molecule has 2 aliphatic heterocycles. The first-order chi connectivity index (χ1) is 16.4. The summed E-state index contributed by atoms with van der Waals surface area (Å²) >= 11 is 0. The van der Waals surface area contributed by atoms with Gasteiger partial charge in [-0.15, -0.1) is 0 Å². The lowest BCUT2D eigenvalue weighted by atomic mass is 9.95. The van der Waals surface area contributed by atoms with Crippen molar-refractivity contribution >= 4 is 11.7 Å². The number of likely N-dealkylation sites (N-methyl/N-ethyl adjacent to an activating group) is 1. The highest BCUT2D eigenvalue weighted by molar-refractivity contribution is 5.98. The Bertz CT molecular complexity index is 967. The fraction of sp³-hybridized carbons (Fsp3) is 0.696. The Morgan fingerprint density at radius 3 is 2.46 bits per heavy atom. The molecule has 12 heteroatoms. The van der Waals surface area contributed by atoms with Gasteiger partial charge in [-0.3, -0.25) is 9.36 Å². The van der Waals surface area contributed by atoms with Crippen LogP contribution < -0.4 is 11.0 Å². The summed E-state index contributed by atoms with van der Waals surface area (Å²) in [5.74, 6) is -0.289. The van der Waals surface area contributed by atoms with E-state index in [1.165, 1.54) is 22.9 Å². The number of aliphatic hydroxyl groups is 3. The summed E-state index contributed by atoms with van der Waals surface area (Å²) in [6.07, 6.45) is -4.60. The first-order valence-corrected chi connectivity index (χ1v) is 11.6. The number of hydrogen-bond donors (Lipinski definition) is 4. The van der Waals surface area contributed by atoms with Gasteiger partial charge in [-0.25, -0.2) is 4.79 Å². The fourth-order valence-electron chi connectivity index (χ4n) is 4.55. The van der Waals surface area contributed by atoms with Gasteiger partial charge in [0, 0.05) is 18.7 Å². The van der Waals surface area contributed by atoms with Crippen LogP contribution in [0.25, 0.3) is 0 Å². The molecular weight excluding hydrogens is 460 g/mol. The molecule has 2 saturated heterocycles. The molecule has 196 valence electrons. The van der Waals surface area contributed by atoms with Gasteiger partial charge >= 0.3 is 5.69 Å². The number of nitrogens with one attached hydrogen (secondary N) is 1. The standard InChI is InChI=1S/C23H36N4O8/c1-11(2)9-16(29)24-15-7-8-27(23(32)25-15)17-10-14(28)21(13(4)33-17)35-22-20(31)19(30)18(26(5)6)12(3)34-22/h7-9,12-14,17-22,28,30-31H,10H2,1-6H3,(H,24,25,29,32)/t12-,13+,14+,17+,18+,19+,20-,21-,22+/m1/s1. The summed E-state index contributed by atoms with van der Waals surface area (Å²) in [4.78, 5) is 30.1. The van der Waals surface area contributed by atoms with Gasteiger partial charge in [0.2, 0.25) is 5.91 Å². The van der Waals surface area contributed by atoms with Crippen LogP contribution >= 0.6 is 0 Å². The minimum absolute atomic E-state index is 0.0152. The maximum absolute atomic E-state index is 12.6. The Labute approximate surface area is 204 Å². The molecule has 0 aromatic carbocycles. The zero-order valence-corrected chi connectivity index (χ0v) is 20.9. The number of rotatable bonds is 6. The largest absolute Gasteiger partial charge is 0.390 e. The number of ether oxygens (including phenoxy) is 3. The summed E-state index contributed by atoms with van der Waals surface area (Å²) in [5.41, 5.74) is 0.153. The monoisotopic (exact) mass is 496 g/mol. The molecule has 1 aromatic rings. The highest BCUT2D eigenvalue weighted by Gasteiger charge is 2.47. The number of carbonyl (C=O) groups is 1. The fourth-order valence-corrected chi connectivity index (χ4v) is 4.55. The highest BCUT2D eigenvalue weighted by Crippen LogP contribution is 2.32. The van der Waals surface area contributed by atoms with Crippen LogP contribution in [0.4, 0.5) is 5.82 Å². The molecule has 1 amide bonds. The van der Waals surface area contributed by atoms with Crippen LogP contribution in [0.15, 0.2) is 28.7 Å². The second kappa shape index (κ2) is 11.2. The van der Waals surface area contributed by atoms with Gasteiger partial charge in [0.1, 0.15) is 30.4 Å². The number of amides is 1. The number of anilines is 1. The second-order valence-corrected chi connectivity index (χ2v) is 9.56. The van der Waals surface area contributed by atoms with Crippen molar-refractivity contribution < 1.29 is 34.3 Å². The molecule has 9 atom stereocenters. The van der Waals surface area contributed by atoms with Gasteiger partial charge in [-0.2, -0.15) is 4.98 Å². The predicted molar refractivity (Wildman–Crippen MR) is 125 cm³/mol.